The minimum atomic E-state index is -0.899. The number of methoxy groups -OCH3 is 3. The zero-order valence-electron chi connectivity index (χ0n) is 37.5. The number of aliphatic imine (C=N–C) groups is 1. The number of nitrogens with one attached hydrogen (secondary N) is 3. The van der Waals surface area contributed by atoms with Crippen LogP contribution in [0.25, 0.3) is 43.9 Å². The van der Waals surface area contributed by atoms with Crippen LogP contribution in [0.2, 0.25) is 0 Å². The van der Waals surface area contributed by atoms with E-state index < -0.39 is 30.4 Å². The summed E-state index contributed by atoms with van der Waals surface area (Å²) in [6.45, 7) is 2.29. The molecular weight excluding hydrogens is 835 g/mol. The maximum atomic E-state index is 14.5. The number of amides is 4. The second-order valence-corrected chi connectivity index (χ2v) is 17.9. The standard InChI is InChI=1S/C52H53N7O7/c1-29(64-2)45(56-51(62)65-3)49(60)58-22-8-11-44(58)48-53-28-43(55-48)36-15-14-32-23-31(12-13-33(32)25-36)34-17-20-39-35(24-34)18-21-41-40(39)27-42(54-41)47-37-16-19-38(26-37)59(47)50(61)46(57-52(63)66-4)30-9-6-5-7-10-30/h5-7,9-10,12-15,17-18,20-21,23-25,28-29,37-38,44-47H,8,11,16,19,22,26-27H2,1-4H3,(H,53,55)(H,56,62)(H,57,63)/t29-,37+,38-,44+,45+,46-,47+/m1/s1. The largest absolute Gasteiger partial charge is 0.453 e. The Morgan fingerprint density at radius 2 is 1.47 bits per heavy atom. The van der Waals surface area contributed by atoms with E-state index in [1.54, 1.807) is 11.8 Å². The Bertz CT molecular complexity index is 2900. The van der Waals surface area contributed by atoms with Crippen molar-refractivity contribution in [3.63, 3.8) is 0 Å². The van der Waals surface area contributed by atoms with E-state index in [0.717, 1.165) is 93.0 Å². The summed E-state index contributed by atoms with van der Waals surface area (Å²) in [5.74, 6) is 0.652. The molecule has 1 saturated carbocycles. The number of aromatic amines is 1. The smallest absolute Gasteiger partial charge is 0.407 e. The zero-order chi connectivity index (χ0) is 45.6. The van der Waals surface area contributed by atoms with Crippen LogP contribution in [0.4, 0.5) is 15.3 Å². The number of hydrogen-bond acceptors (Lipinski definition) is 9. The molecule has 14 nitrogen and oxygen atoms in total. The minimum Gasteiger partial charge on any atom is -0.453 e. The van der Waals surface area contributed by atoms with Crippen molar-refractivity contribution >= 4 is 56.9 Å². The highest BCUT2D eigenvalue weighted by Gasteiger charge is 2.52. The van der Waals surface area contributed by atoms with E-state index in [9.17, 15) is 19.2 Å². The van der Waals surface area contributed by atoms with Gasteiger partial charge in [0.05, 0.1) is 50.0 Å². The Morgan fingerprint density at radius 1 is 0.773 bits per heavy atom. The highest BCUT2D eigenvalue weighted by atomic mass is 16.5. The number of likely N-dealkylation sites (tertiary alicyclic amines) is 2. The molecule has 3 aliphatic heterocycles. The van der Waals surface area contributed by atoms with Crippen molar-refractivity contribution in [3.8, 4) is 22.4 Å². The number of nitrogens with zero attached hydrogens (tertiary/aromatic N) is 4. The predicted molar refractivity (Wildman–Crippen MR) is 251 cm³/mol. The molecule has 6 aromatic rings. The first-order valence-electron chi connectivity index (χ1n) is 22.7. The summed E-state index contributed by atoms with van der Waals surface area (Å²) >= 11 is 0. The lowest BCUT2D eigenvalue weighted by Crippen LogP contribution is -2.54. The number of carbonyl (C=O) groups is 4. The highest BCUT2D eigenvalue weighted by molar-refractivity contribution is 6.06. The fourth-order valence-electron chi connectivity index (χ4n) is 10.8. The summed E-state index contributed by atoms with van der Waals surface area (Å²) < 4.78 is 15.1. The molecule has 4 heterocycles. The average Bonchev–Trinajstić information content (AvgIpc) is 4.23. The monoisotopic (exact) mass is 887 g/mol. The van der Waals surface area contributed by atoms with Gasteiger partial charge in [-0.1, -0.05) is 72.8 Å². The molecule has 7 atom stereocenters. The number of imidazole rings is 1. The summed E-state index contributed by atoms with van der Waals surface area (Å²) in [6, 6.07) is 31.1. The van der Waals surface area contributed by atoms with Gasteiger partial charge in [-0.15, -0.1) is 0 Å². The first kappa shape index (κ1) is 42.9. The van der Waals surface area contributed by atoms with Gasteiger partial charge in [0.15, 0.2) is 0 Å². The Morgan fingerprint density at radius 3 is 2.23 bits per heavy atom. The molecule has 14 heteroatoms. The third kappa shape index (κ3) is 7.82. The molecule has 2 bridgehead atoms. The number of piperidine rings is 1. The Hall–Kier alpha value is -7.06. The molecule has 0 radical (unpaired) electrons. The quantitative estimate of drug-likeness (QED) is 0.116. The van der Waals surface area contributed by atoms with Crippen molar-refractivity contribution in [2.75, 3.05) is 27.9 Å². The van der Waals surface area contributed by atoms with Crippen LogP contribution in [-0.2, 0) is 30.2 Å². The van der Waals surface area contributed by atoms with Gasteiger partial charge in [-0.25, -0.2) is 14.6 Å². The second kappa shape index (κ2) is 17.7. The number of H-pyrrole nitrogens is 1. The van der Waals surface area contributed by atoms with Crippen molar-refractivity contribution in [3.05, 3.63) is 120 Å². The molecular formula is C52H53N7O7. The van der Waals surface area contributed by atoms with Gasteiger partial charge in [0, 0.05) is 37.4 Å². The van der Waals surface area contributed by atoms with E-state index in [4.69, 9.17) is 24.2 Å². The Balaban J connectivity index is 0.853. The van der Waals surface area contributed by atoms with E-state index in [-0.39, 0.29) is 29.9 Å². The highest BCUT2D eigenvalue weighted by Crippen LogP contribution is 2.47. The molecule has 1 aromatic heterocycles. The number of hydrogen-bond donors (Lipinski definition) is 3. The number of ether oxygens (including phenoxy) is 3. The van der Waals surface area contributed by atoms with Crippen molar-refractivity contribution < 1.29 is 33.4 Å². The molecule has 0 unspecified atom stereocenters. The summed E-state index contributed by atoms with van der Waals surface area (Å²) in [5.41, 5.74) is 7.91. The van der Waals surface area contributed by atoms with E-state index in [1.165, 1.54) is 26.9 Å². The van der Waals surface area contributed by atoms with Crippen LogP contribution in [0.5, 0.6) is 0 Å². The lowest BCUT2D eigenvalue weighted by molar-refractivity contribution is -0.138. The van der Waals surface area contributed by atoms with E-state index >= 15 is 0 Å². The number of fused-ring (bicyclic) bond motifs is 6. The predicted octanol–water partition coefficient (Wildman–Crippen LogP) is 8.58. The van der Waals surface area contributed by atoms with Gasteiger partial charge in [0.2, 0.25) is 5.91 Å². The van der Waals surface area contributed by atoms with Gasteiger partial charge in [-0.2, -0.15) is 0 Å². The third-order valence-electron chi connectivity index (χ3n) is 14.2. The zero-order valence-corrected chi connectivity index (χ0v) is 37.5. The number of carbonyl (C=O) groups excluding carboxylic acids is 4. The Labute approximate surface area is 382 Å². The maximum absolute atomic E-state index is 14.5. The van der Waals surface area contributed by atoms with Gasteiger partial charge in [0.25, 0.3) is 5.91 Å². The van der Waals surface area contributed by atoms with Gasteiger partial charge in [0.1, 0.15) is 17.9 Å². The van der Waals surface area contributed by atoms with Crippen LogP contribution in [0.15, 0.2) is 108 Å². The number of benzene rings is 5. The summed E-state index contributed by atoms with van der Waals surface area (Å²) in [6.07, 6.45) is 5.08. The first-order valence-corrected chi connectivity index (χ1v) is 22.7. The number of alkyl carbamates (subject to hydrolysis) is 2. The first-order chi connectivity index (χ1) is 32.1. The van der Waals surface area contributed by atoms with Crippen LogP contribution in [0.3, 0.4) is 0 Å². The van der Waals surface area contributed by atoms with Gasteiger partial charge in [-0.05, 0) is 113 Å². The molecule has 3 fully saturated rings. The van der Waals surface area contributed by atoms with E-state index in [2.05, 4.69) is 82.3 Å². The minimum absolute atomic E-state index is 0.103. The molecule has 66 heavy (non-hydrogen) atoms. The fraction of sp³-hybridized carbons (Fsp3) is 0.346. The van der Waals surface area contributed by atoms with Crippen molar-refractivity contribution in [2.24, 2.45) is 10.9 Å². The van der Waals surface area contributed by atoms with E-state index in [0.29, 0.717) is 24.7 Å². The molecule has 3 N–H and O–H groups in total. The van der Waals surface area contributed by atoms with Crippen LogP contribution >= 0.6 is 0 Å². The fourth-order valence-corrected chi connectivity index (χ4v) is 10.8. The van der Waals surface area contributed by atoms with Gasteiger partial charge >= 0.3 is 12.2 Å². The second-order valence-electron chi connectivity index (χ2n) is 17.9. The number of aromatic nitrogens is 2. The van der Waals surface area contributed by atoms with Crippen LogP contribution in [0, 0.1) is 5.92 Å². The third-order valence-corrected chi connectivity index (χ3v) is 14.2. The molecule has 2 saturated heterocycles. The molecule has 4 amide bonds. The van der Waals surface area contributed by atoms with E-state index in [1.807, 2.05) is 41.4 Å². The average molecular weight is 888 g/mol. The molecule has 4 aliphatic rings. The van der Waals surface area contributed by atoms with Crippen molar-refractivity contribution in [1.82, 2.24) is 30.4 Å². The topological polar surface area (TPSA) is 168 Å². The molecule has 0 spiro atoms. The number of rotatable bonds is 11. The maximum Gasteiger partial charge on any atom is 0.407 e. The lowest BCUT2D eigenvalue weighted by atomic mass is 9.90. The van der Waals surface area contributed by atoms with Crippen molar-refractivity contribution in [2.45, 2.75) is 81.8 Å². The summed E-state index contributed by atoms with van der Waals surface area (Å²) in [4.78, 5) is 70.0. The normalized spacial score (nSPS) is 21.1. The van der Waals surface area contributed by atoms with Gasteiger partial charge in [-0.3, -0.25) is 14.6 Å². The van der Waals surface area contributed by atoms with Crippen LogP contribution in [0.1, 0.15) is 68.1 Å². The molecule has 1 aliphatic carbocycles. The molecule has 338 valence electrons. The summed E-state index contributed by atoms with van der Waals surface area (Å²) in [7, 11) is 4.08. The molecule has 5 aromatic carbocycles. The Kier molecular flexibility index (Phi) is 11.5. The van der Waals surface area contributed by atoms with Crippen LogP contribution in [-0.4, -0.2) is 102 Å². The molecule has 10 rings (SSSR count). The van der Waals surface area contributed by atoms with Crippen LogP contribution < -0.4 is 10.6 Å². The summed E-state index contributed by atoms with van der Waals surface area (Å²) in [5, 5.41) is 9.93. The SMILES string of the molecule is COC(=O)N[C@H](C(=O)N1CCC[C@H]1c1ncc(-c2ccc3cc(-c4ccc5c6c(ccc5c4)N=C([C@@H]4[C@H]5CC[C@H](C5)N4C(=O)[C@H](NC(=O)OC)c4ccccc4)C6)ccc3c2)[nH]1)[C@@H](C)OC. The van der Waals surface area contributed by atoms with Crippen molar-refractivity contribution in [1.29, 1.82) is 0 Å². The lowest BCUT2D eigenvalue weighted by Gasteiger charge is -2.37. The van der Waals surface area contributed by atoms with Gasteiger partial charge < -0.3 is 39.6 Å².